The van der Waals surface area contributed by atoms with Gasteiger partial charge in [-0.3, -0.25) is 4.98 Å². The van der Waals surface area contributed by atoms with Crippen LogP contribution in [0.25, 0.3) is 0 Å². The Labute approximate surface area is 103 Å². The Morgan fingerprint density at radius 3 is 2.41 bits per heavy atom. The molecule has 2 rings (SSSR count). The maximum absolute atomic E-state index is 6.22. The quantitative estimate of drug-likeness (QED) is 0.874. The molecule has 0 bridgehead atoms. The molecule has 0 saturated heterocycles. The average Bonchev–Trinajstić information content (AvgIpc) is 2.29. The van der Waals surface area contributed by atoms with E-state index >= 15 is 0 Å². The van der Waals surface area contributed by atoms with Gasteiger partial charge in [-0.25, -0.2) is 0 Å². The third-order valence-corrected chi connectivity index (χ3v) is 2.83. The van der Waals surface area contributed by atoms with Gasteiger partial charge in [0.05, 0.1) is 0 Å². The zero-order valence-corrected chi connectivity index (χ0v) is 10.4. The molecule has 1 aromatic carbocycles. The van der Waals surface area contributed by atoms with Crippen molar-refractivity contribution in [3.63, 3.8) is 0 Å². The fourth-order valence-electron chi connectivity index (χ4n) is 2.09. The number of rotatable bonds is 3. The summed E-state index contributed by atoms with van der Waals surface area (Å²) in [5.41, 5.74) is 11.0. The van der Waals surface area contributed by atoms with Crippen molar-refractivity contribution < 1.29 is 0 Å². The van der Waals surface area contributed by atoms with E-state index in [2.05, 4.69) is 37.0 Å². The average molecular weight is 226 g/mol. The lowest BCUT2D eigenvalue weighted by atomic mass is 9.98. The molecule has 0 aliphatic carbocycles. The molecule has 0 aliphatic rings. The number of pyridine rings is 1. The second kappa shape index (κ2) is 5.11. The minimum Gasteiger partial charge on any atom is -0.324 e. The van der Waals surface area contributed by atoms with E-state index in [0.29, 0.717) is 0 Å². The zero-order chi connectivity index (χ0) is 12.3. The number of hydrogen-bond acceptors (Lipinski definition) is 2. The first kappa shape index (κ1) is 11.8. The normalized spacial score (nSPS) is 12.4. The maximum Gasteiger partial charge on any atom is 0.0422 e. The highest BCUT2D eigenvalue weighted by atomic mass is 14.7. The molecule has 0 aliphatic heterocycles. The Bertz CT molecular complexity index is 471. The summed E-state index contributed by atoms with van der Waals surface area (Å²) in [6.07, 6.45) is 2.59. The van der Waals surface area contributed by atoms with E-state index in [0.717, 1.165) is 12.1 Å². The van der Waals surface area contributed by atoms with Crippen molar-refractivity contribution in [1.82, 2.24) is 4.98 Å². The molecule has 1 heterocycles. The van der Waals surface area contributed by atoms with Gasteiger partial charge in [0, 0.05) is 24.4 Å². The third kappa shape index (κ3) is 3.14. The van der Waals surface area contributed by atoms with Crippen LogP contribution in [0, 0.1) is 13.8 Å². The summed E-state index contributed by atoms with van der Waals surface area (Å²) in [5, 5.41) is 0. The topological polar surface area (TPSA) is 38.9 Å². The highest BCUT2D eigenvalue weighted by Crippen LogP contribution is 2.18. The van der Waals surface area contributed by atoms with Crippen LogP contribution in [0.3, 0.4) is 0 Å². The van der Waals surface area contributed by atoms with Crippen molar-refractivity contribution in [2.75, 3.05) is 0 Å². The number of nitrogens with zero attached hydrogens (tertiary/aromatic N) is 1. The van der Waals surface area contributed by atoms with Crippen molar-refractivity contribution in [2.24, 2.45) is 5.73 Å². The van der Waals surface area contributed by atoms with Gasteiger partial charge in [0.15, 0.2) is 0 Å². The van der Waals surface area contributed by atoms with E-state index in [1.54, 1.807) is 0 Å². The molecule has 2 heteroatoms. The van der Waals surface area contributed by atoms with Gasteiger partial charge in [-0.1, -0.05) is 35.4 Å². The van der Waals surface area contributed by atoms with E-state index in [9.17, 15) is 0 Å². The van der Waals surface area contributed by atoms with Crippen molar-refractivity contribution in [1.29, 1.82) is 0 Å². The van der Waals surface area contributed by atoms with Gasteiger partial charge in [0.25, 0.3) is 0 Å². The SMILES string of the molecule is Cc1cc(C)cc(C(N)Cc2ccccn2)c1. The summed E-state index contributed by atoms with van der Waals surface area (Å²) < 4.78 is 0. The molecule has 0 fully saturated rings. The number of aryl methyl sites for hydroxylation is 2. The van der Waals surface area contributed by atoms with Crippen molar-refractivity contribution >= 4 is 0 Å². The highest BCUT2D eigenvalue weighted by Gasteiger charge is 2.08. The predicted octanol–water partition coefficient (Wildman–Crippen LogP) is 2.94. The molecule has 1 atom stereocenters. The lowest BCUT2D eigenvalue weighted by Crippen LogP contribution is -2.14. The van der Waals surface area contributed by atoms with Crippen LogP contribution >= 0.6 is 0 Å². The van der Waals surface area contributed by atoms with E-state index in [1.165, 1.54) is 16.7 Å². The van der Waals surface area contributed by atoms with E-state index < -0.39 is 0 Å². The Morgan fingerprint density at radius 2 is 1.82 bits per heavy atom. The van der Waals surface area contributed by atoms with Crippen LogP contribution in [0.2, 0.25) is 0 Å². The molecule has 17 heavy (non-hydrogen) atoms. The van der Waals surface area contributed by atoms with Crippen molar-refractivity contribution in [3.8, 4) is 0 Å². The zero-order valence-electron chi connectivity index (χ0n) is 10.4. The van der Waals surface area contributed by atoms with Gasteiger partial charge in [-0.05, 0) is 31.5 Å². The first-order valence-electron chi connectivity index (χ1n) is 5.89. The van der Waals surface area contributed by atoms with Gasteiger partial charge in [-0.2, -0.15) is 0 Å². The smallest absolute Gasteiger partial charge is 0.0422 e. The lowest BCUT2D eigenvalue weighted by molar-refractivity contribution is 0.705. The largest absolute Gasteiger partial charge is 0.324 e. The Morgan fingerprint density at radius 1 is 1.12 bits per heavy atom. The summed E-state index contributed by atoms with van der Waals surface area (Å²) in [4.78, 5) is 4.31. The lowest BCUT2D eigenvalue weighted by Gasteiger charge is -2.13. The number of aromatic nitrogens is 1. The van der Waals surface area contributed by atoms with Crippen molar-refractivity contribution in [2.45, 2.75) is 26.3 Å². The number of benzene rings is 1. The summed E-state index contributed by atoms with van der Waals surface area (Å²) in [6, 6.07) is 12.4. The van der Waals surface area contributed by atoms with E-state index in [-0.39, 0.29) is 6.04 Å². The van der Waals surface area contributed by atoms with Gasteiger partial charge in [0.2, 0.25) is 0 Å². The second-order valence-corrected chi connectivity index (χ2v) is 4.55. The number of hydrogen-bond donors (Lipinski definition) is 1. The van der Waals surface area contributed by atoms with Gasteiger partial charge in [0.1, 0.15) is 0 Å². The first-order chi connectivity index (χ1) is 8.15. The molecule has 0 saturated carbocycles. The molecule has 1 aromatic heterocycles. The van der Waals surface area contributed by atoms with E-state index in [4.69, 9.17) is 5.73 Å². The molecule has 2 nitrogen and oxygen atoms in total. The standard InChI is InChI=1S/C15H18N2/c1-11-7-12(2)9-13(8-11)15(16)10-14-5-3-4-6-17-14/h3-9,15H,10,16H2,1-2H3. The first-order valence-corrected chi connectivity index (χ1v) is 5.89. The molecule has 1 unspecified atom stereocenters. The maximum atomic E-state index is 6.22. The Balaban J connectivity index is 2.17. The van der Waals surface area contributed by atoms with Crippen LogP contribution in [-0.4, -0.2) is 4.98 Å². The van der Waals surface area contributed by atoms with Crippen LogP contribution in [0.4, 0.5) is 0 Å². The molecule has 0 amide bonds. The fourth-order valence-corrected chi connectivity index (χ4v) is 2.09. The summed E-state index contributed by atoms with van der Waals surface area (Å²) in [6.45, 7) is 4.20. The molecule has 2 aromatic rings. The van der Waals surface area contributed by atoms with Crippen LogP contribution in [0.15, 0.2) is 42.6 Å². The van der Waals surface area contributed by atoms with Crippen LogP contribution in [0.1, 0.15) is 28.4 Å². The molecule has 2 N–H and O–H groups in total. The molecular weight excluding hydrogens is 208 g/mol. The summed E-state index contributed by atoms with van der Waals surface area (Å²) in [5.74, 6) is 0. The monoisotopic (exact) mass is 226 g/mol. The van der Waals surface area contributed by atoms with Gasteiger partial charge >= 0.3 is 0 Å². The van der Waals surface area contributed by atoms with Gasteiger partial charge in [-0.15, -0.1) is 0 Å². The van der Waals surface area contributed by atoms with E-state index in [1.807, 2.05) is 24.4 Å². The summed E-state index contributed by atoms with van der Waals surface area (Å²) >= 11 is 0. The second-order valence-electron chi connectivity index (χ2n) is 4.55. The fraction of sp³-hybridized carbons (Fsp3) is 0.267. The number of nitrogens with two attached hydrogens (primary N) is 1. The minimum absolute atomic E-state index is 0.0171. The van der Waals surface area contributed by atoms with Crippen LogP contribution in [-0.2, 0) is 6.42 Å². The molecule has 0 radical (unpaired) electrons. The third-order valence-electron chi connectivity index (χ3n) is 2.83. The molecule has 88 valence electrons. The minimum atomic E-state index is 0.0171. The van der Waals surface area contributed by atoms with Crippen molar-refractivity contribution in [3.05, 3.63) is 65.0 Å². The van der Waals surface area contributed by atoms with Crippen LogP contribution < -0.4 is 5.73 Å². The highest BCUT2D eigenvalue weighted by molar-refractivity contribution is 5.31. The van der Waals surface area contributed by atoms with Gasteiger partial charge < -0.3 is 5.73 Å². The van der Waals surface area contributed by atoms with Crippen LogP contribution in [0.5, 0.6) is 0 Å². The Kier molecular flexibility index (Phi) is 3.55. The molecular formula is C15H18N2. The predicted molar refractivity (Wildman–Crippen MR) is 70.8 cm³/mol. The molecule has 0 spiro atoms. The summed E-state index contributed by atoms with van der Waals surface area (Å²) in [7, 11) is 0. The Hall–Kier alpha value is -1.67.